The molecule has 148 valence electrons. The van der Waals surface area contributed by atoms with E-state index >= 15 is 0 Å². The summed E-state index contributed by atoms with van der Waals surface area (Å²) in [5.74, 6) is 0. The van der Waals surface area contributed by atoms with Crippen LogP contribution in [-0.4, -0.2) is 63.1 Å². The molecule has 6 heteroatoms. The molecule has 2 rings (SSSR count). The van der Waals surface area contributed by atoms with Crippen molar-refractivity contribution in [2.45, 2.75) is 63.4 Å². The monoisotopic (exact) mass is 382 g/mol. The number of rotatable bonds is 6. The van der Waals surface area contributed by atoms with Crippen LogP contribution in [0.1, 0.15) is 46.6 Å². The lowest BCUT2D eigenvalue weighted by Gasteiger charge is -2.43. The summed E-state index contributed by atoms with van der Waals surface area (Å²) >= 11 is 0. The molecule has 1 saturated heterocycles. The van der Waals surface area contributed by atoms with Crippen LogP contribution in [0.5, 0.6) is 0 Å². The molecule has 2 unspecified atom stereocenters. The van der Waals surface area contributed by atoms with Crippen LogP contribution in [0.25, 0.3) is 0 Å². The molecule has 0 aromatic heterocycles. The van der Waals surface area contributed by atoms with Gasteiger partial charge in [0.2, 0.25) is 10.0 Å². The van der Waals surface area contributed by atoms with E-state index in [1.165, 1.54) is 0 Å². The summed E-state index contributed by atoms with van der Waals surface area (Å²) < 4.78 is 33.0. The van der Waals surface area contributed by atoms with Crippen molar-refractivity contribution in [3.8, 4) is 0 Å². The number of hydrogen-bond donors (Lipinski definition) is 0. The maximum absolute atomic E-state index is 13.1. The molecule has 0 saturated carbocycles. The summed E-state index contributed by atoms with van der Waals surface area (Å²) in [6.07, 6.45) is 0.964. The van der Waals surface area contributed by atoms with Crippen molar-refractivity contribution < 1.29 is 13.2 Å². The van der Waals surface area contributed by atoms with Crippen molar-refractivity contribution in [3.63, 3.8) is 0 Å². The van der Waals surface area contributed by atoms with Gasteiger partial charge in [-0.25, -0.2) is 8.42 Å². The highest BCUT2D eigenvalue weighted by Crippen LogP contribution is 2.26. The Labute approximate surface area is 159 Å². The smallest absolute Gasteiger partial charge is 0.243 e. The Bertz CT molecular complexity index is 668. The normalized spacial score (nSPS) is 23.3. The maximum atomic E-state index is 13.1. The van der Waals surface area contributed by atoms with Crippen molar-refractivity contribution in [1.82, 2.24) is 9.21 Å². The largest absolute Gasteiger partial charge is 0.385 e. The summed E-state index contributed by atoms with van der Waals surface area (Å²) in [6, 6.07) is 7.74. The van der Waals surface area contributed by atoms with Gasteiger partial charge in [0.1, 0.15) is 0 Å². The van der Waals surface area contributed by atoms with Crippen LogP contribution in [0.2, 0.25) is 0 Å². The van der Waals surface area contributed by atoms with E-state index in [0.29, 0.717) is 18.0 Å². The minimum atomic E-state index is -3.46. The van der Waals surface area contributed by atoms with Crippen molar-refractivity contribution in [3.05, 3.63) is 29.8 Å². The van der Waals surface area contributed by atoms with E-state index in [-0.39, 0.29) is 17.5 Å². The molecule has 1 fully saturated rings. The van der Waals surface area contributed by atoms with E-state index in [0.717, 1.165) is 25.1 Å². The lowest BCUT2D eigenvalue weighted by atomic mass is 9.87. The van der Waals surface area contributed by atoms with Crippen molar-refractivity contribution >= 4 is 10.0 Å². The first-order valence-corrected chi connectivity index (χ1v) is 10.9. The Morgan fingerprint density at radius 3 is 2.08 bits per heavy atom. The zero-order chi connectivity index (χ0) is 19.5. The van der Waals surface area contributed by atoms with Crippen LogP contribution in [0.4, 0.5) is 0 Å². The molecule has 1 aromatic carbocycles. The lowest BCUT2D eigenvalue weighted by molar-refractivity contribution is 0.0666. The van der Waals surface area contributed by atoms with E-state index < -0.39 is 10.0 Å². The zero-order valence-electron chi connectivity index (χ0n) is 17.0. The molecule has 0 amide bonds. The summed E-state index contributed by atoms with van der Waals surface area (Å²) in [4.78, 5) is 2.77. The molecule has 0 radical (unpaired) electrons. The first-order valence-electron chi connectivity index (χ1n) is 9.42. The van der Waals surface area contributed by atoms with Gasteiger partial charge in [0.25, 0.3) is 0 Å². The van der Waals surface area contributed by atoms with Crippen LogP contribution in [-0.2, 0) is 20.2 Å². The molecule has 1 heterocycles. The van der Waals surface area contributed by atoms with Gasteiger partial charge in [-0.1, -0.05) is 32.9 Å². The minimum absolute atomic E-state index is 0.0130. The van der Waals surface area contributed by atoms with E-state index in [4.69, 9.17) is 4.74 Å². The van der Waals surface area contributed by atoms with E-state index in [2.05, 4.69) is 39.5 Å². The number of sulfonamides is 1. The average molecular weight is 383 g/mol. The molecular weight excluding hydrogens is 348 g/mol. The Morgan fingerprint density at radius 2 is 1.62 bits per heavy atom. The second kappa shape index (κ2) is 8.38. The van der Waals surface area contributed by atoms with Gasteiger partial charge in [0.05, 0.1) is 4.90 Å². The molecule has 26 heavy (non-hydrogen) atoms. The molecule has 1 aliphatic rings. The van der Waals surface area contributed by atoms with Crippen molar-refractivity contribution in [2.24, 2.45) is 0 Å². The Balaban J connectivity index is 2.12. The highest BCUT2D eigenvalue weighted by Gasteiger charge is 2.35. The Hall–Kier alpha value is -0.950. The summed E-state index contributed by atoms with van der Waals surface area (Å²) in [6.45, 7) is 13.3. The second-order valence-electron chi connectivity index (χ2n) is 8.38. The molecule has 0 spiro atoms. The molecule has 2 atom stereocenters. The molecular formula is C20H34N2O3S. The fraction of sp³-hybridized carbons (Fsp3) is 0.700. The summed E-state index contributed by atoms with van der Waals surface area (Å²) in [5, 5.41) is 0. The SMILES string of the molecule is COCCCN1C(C)CN(S(=O)(=O)c2ccc(C(C)(C)C)cc2)CC1C. The van der Waals surface area contributed by atoms with Crippen molar-refractivity contribution in [2.75, 3.05) is 33.4 Å². The van der Waals surface area contributed by atoms with Gasteiger partial charge in [-0.05, 0) is 43.4 Å². The molecule has 1 aromatic rings. The Kier molecular flexibility index (Phi) is 6.88. The van der Waals surface area contributed by atoms with Gasteiger partial charge in [-0.2, -0.15) is 4.31 Å². The molecule has 0 aliphatic carbocycles. The predicted octanol–water partition coefficient (Wildman–Crippen LogP) is 3.10. The standard InChI is InChI=1S/C20H34N2O3S/c1-16-14-21(15-17(2)22(16)12-7-13-25-6)26(23,24)19-10-8-18(9-11-19)20(3,4)5/h8-11,16-17H,7,12-15H2,1-6H3. The number of ether oxygens (including phenoxy) is 1. The van der Waals surface area contributed by atoms with Crippen LogP contribution >= 0.6 is 0 Å². The third-order valence-electron chi connectivity index (χ3n) is 5.19. The first-order chi connectivity index (χ1) is 12.1. The van der Waals surface area contributed by atoms with E-state index in [1.54, 1.807) is 23.5 Å². The van der Waals surface area contributed by atoms with Gasteiger partial charge in [-0.3, -0.25) is 4.90 Å². The summed E-state index contributed by atoms with van der Waals surface area (Å²) in [5.41, 5.74) is 1.15. The van der Waals surface area contributed by atoms with Gasteiger partial charge in [-0.15, -0.1) is 0 Å². The van der Waals surface area contributed by atoms with Crippen LogP contribution in [0, 0.1) is 0 Å². The van der Waals surface area contributed by atoms with Crippen LogP contribution < -0.4 is 0 Å². The molecule has 0 bridgehead atoms. The minimum Gasteiger partial charge on any atom is -0.385 e. The fourth-order valence-electron chi connectivity index (χ4n) is 3.61. The zero-order valence-corrected chi connectivity index (χ0v) is 17.8. The number of methoxy groups -OCH3 is 1. The fourth-order valence-corrected chi connectivity index (χ4v) is 5.21. The third kappa shape index (κ3) is 4.85. The Morgan fingerprint density at radius 1 is 1.08 bits per heavy atom. The molecule has 0 N–H and O–H groups in total. The van der Waals surface area contributed by atoms with E-state index in [1.807, 2.05) is 12.1 Å². The van der Waals surface area contributed by atoms with Gasteiger partial charge < -0.3 is 4.74 Å². The number of piperazine rings is 1. The summed E-state index contributed by atoms with van der Waals surface area (Å²) in [7, 11) is -1.75. The average Bonchev–Trinajstić information content (AvgIpc) is 2.56. The topological polar surface area (TPSA) is 49.9 Å². The first kappa shape index (κ1) is 21.4. The number of hydrogen-bond acceptors (Lipinski definition) is 4. The molecule has 1 aliphatic heterocycles. The highest BCUT2D eigenvalue weighted by molar-refractivity contribution is 7.89. The van der Waals surface area contributed by atoms with Gasteiger partial charge in [0, 0.05) is 45.4 Å². The van der Waals surface area contributed by atoms with E-state index in [9.17, 15) is 8.42 Å². The van der Waals surface area contributed by atoms with Crippen LogP contribution in [0.15, 0.2) is 29.2 Å². The van der Waals surface area contributed by atoms with Crippen molar-refractivity contribution in [1.29, 1.82) is 0 Å². The molecule has 5 nitrogen and oxygen atoms in total. The maximum Gasteiger partial charge on any atom is 0.243 e. The number of benzene rings is 1. The van der Waals surface area contributed by atoms with Gasteiger partial charge >= 0.3 is 0 Å². The predicted molar refractivity (Wildman–Crippen MR) is 106 cm³/mol. The highest BCUT2D eigenvalue weighted by atomic mass is 32.2. The second-order valence-corrected chi connectivity index (χ2v) is 10.3. The third-order valence-corrected chi connectivity index (χ3v) is 7.04. The quantitative estimate of drug-likeness (QED) is 0.710. The lowest BCUT2D eigenvalue weighted by Crippen LogP contribution is -2.58. The van der Waals surface area contributed by atoms with Gasteiger partial charge in [0.15, 0.2) is 0 Å². The van der Waals surface area contributed by atoms with Crippen LogP contribution in [0.3, 0.4) is 0 Å². The number of nitrogens with zero attached hydrogens (tertiary/aromatic N) is 2.